The second kappa shape index (κ2) is 7.45. The number of benzene rings is 3. The molecule has 0 fully saturated rings. The van der Waals surface area contributed by atoms with Crippen LogP contribution in [-0.4, -0.2) is 13.7 Å². The van der Waals surface area contributed by atoms with E-state index in [0.717, 1.165) is 33.6 Å². The van der Waals surface area contributed by atoms with E-state index >= 15 is 0 Å². The monoisotopic (exact) mass is 340 g/mol. The van der Waals surface area contributed by atoms with Crippen LogP contribution in [-0.2, 0) is 11.3 Å². The predicted octanol–water partition coefficient (Wildman–Crippen LogP) is 5.34. The molecule has 0 spiro atoms. The van der Waals surface area contributed by atoms with Gasteiger partial charge in [0.05, 0.1) is 20.3 Å². The molecule has 0 atom stereocenters. The van der Waals surface area contributed by atoms with Gasteiger partial charge in [-0.25, -0.2) is 0 Å². The molecule has 26 heavy (non-hydrogen) atoms. The number of rotatable bonds is 3. The molecule has 1 aliphatic heterocycles. The zero-order chi connectivity index (χ0) is 17.8. The molecule has 2 heteroatoms. The summed E-state index contributed by atoms with van der Waals surface area (Å²) in [6.07, 6.45) is 0. The minimum Gasteiger partial charge on any atom is -0.497 e. The fourth-order valence-corrected chi connectivity index (χ4v) is 3.23. The Hall–Kier alpha value is -3.06. The van der Waals surface area contributed by atoms with Crippen molar-refractivity contribution in [1.29, 1.82) is 0 Å². The summed E-state index contributed by atoms with van der Waals surface area (Å²) < 4.78 is 11.2. The molecule has 3 aromatic carbocycles. The third-order valence-corrected chi connectivity index (χ3v) is 4.54. The summed E-state index contributed by atoms with van der Waals surface area (Å²) in [6, 6.07) is 26.9. The summed E-state index contributed by atoms with van der Waals surface area (Å²) in [6.45, 7) is 1.16. The number of methoxy groups -OCH3 is 1. The molecule has 0 bridgehead atoms. The Morgan fingerprint density at radius 2 is 1.50 bits per heavy atom. The lowest BCUT2D eigenvalue weighted by Crippen LogP contribution is -2.08. The van der Waals surface area contributed by atoms with E-state index in [1.165, 1.54) is 5.56 Å². The molecule has 128 valence electrons. The summed E-state index contributed by atoms with van der Waals surface area (Å²) in [7, 11) is 1.69. The average Bonchev–Trinajstić information content (AvgIpc) is 2.73. The fourth-order valence-electron chi connectivity index (χ4n) is 3.23. The van der Waals surface area contributed by atoms with Crippen molar-refractivity contribution < 1.29 is 9.47 Å². The Morgan fingerprint density at radius 3 is 2.12 bits per heavy atom. The lowest BCUT2D eigenvalue weighted by molar-refractivity contribution is 0.146. The van der Waals surface area contributed by atoms with Crippen LogP contribution in [0.25, 0.3) is 11.1 Å². The van der Waals surface area contributed by atoms with Crippen LogP contribution in [0.4, 0.5) is 0 Å². The first-order chi connectivity index (χ1) is 12.8. The second-order valence-electron chi connectivity index (χ2n) is 6.23. The van der Waals surface area contributed by atoms with Gasteiger partial charge in [0.1, 0.15) is 5.75 Å². The van der Waals surface area contributed by atoms with Crippen molar-refractivity contribution >= 4 is 11.1 Å². The van der Waals surface area contributed by atoms with Crippen LogP contribution in [0.15, 0.2) is 84.6 Å². The maximum Gasteiger partial charge on any atom is 0.119 e. The summed E-state index contributed by atoms with van der Waals surface area (Å²) in [5.74, 6) is 0.851. The van der Waals surface area contributed by atoms with E-state index in [-0.39, 0.29) is 0 Å². The minimum absolute atomic E-state index is 0.558. The van der Waals surface area contributed by atoms with Crippen LogP contribution in [0, 0.1) is 0 Å². The lowest BCUT2D eigenvalue weighted by Gasteiger charge is -2.19. The van der Waals surface area contributed by atoms with Crippen LogP contribution in [0.3, 0.4) is 0 Å². The second-order valence-corrected chi connectivity index (χ2v) is 6.23. The third-order valence-electron chi connectivity index (χ3n) is 4.54. The molecular formula is C24H20O2. The van der Waals surface area contributed by atoms with Crippen LogP contribution in [0.2, 0.25) is 0 Å². The Balaban J connectivity index is 1.93. The van der Waals surface area contributed by atoms with Crippen molar-refractivity contribution in [3.8, 4) is 5.75 Å². The van der Waals surface area contributed by atoms with Crippen LogP contribution in [0.5, 0.6) is 5.75 Å². The fraction of sp³-hybridized carbons (Fsp3) is 0.125. The van der Waals surface area contributed by atoms with E-state index in [1.54, 1.807) is 7.11 Å². The summed E-state index contributed by atoms with van der Waals surface area (Å²) in [5.41, 5.74) is 10.4. The molecule has 0 aliphatic carbocycles. The smallest absolute Gasteiger partial charge is 0.119 e. The van der Waals surface area contributed by atoms with Crippen molar-refractivity contribution in [3.63, 3.8) is 0 Å². The van der Waals surface area contributed by atoms with Gasteiger partial charge in [-0.1, -0.05) is 60.7 Å². The number of ether oxygens (including phenoxy) is 2. The van der Waals surface area contributed by atoms with Gasteiger partial charge in [-0.2, -0.15) is 0 Å². The van der Waals surface area contributed by atoms with Crippen LogP contribution in [0.1, 0.15) is 22.3 Å². The predicted molar refractivity (Wildman–Crippen MR) is 105 cm³/mol. The van der Waals surface area contributed by atoms with E-state index in [1.807, 2.05) is 24.3 Å². The largest absolute Gasteiger partial charge is 0.497 e. The summed E-state index contributed by atoms with van der Waals surface area (Å²) >= 11 is 0. The summed E-state index contributed by atoms with van der Waals surface area (Å²) in [5, 5.41) is 0. The van der Waals surface area contributed by atoms with Crippen LogP contribution < -0.4 is 4.74 Å². The quantitative estimate of drug-likeness (QED) is 0.599. The van der Waals surface area contributed by atoms with Crippen molar-refractivity contribution in [3.05, 3.63) is 107 Å². The topological polar surface area (TPSA) is 18.5 Å². The van der Waals surface area contributed by atoms with E-state index in [2.05, 4.69) is 60.3 Å². The molecule has 0 amide bonds. The van der Waals surface area contributed by atoms with Crippen LogP contribution >= 0.6 is 0 Å². The molecular weight excluding hydrogens is 320 g/mol. The first kappa shape index (κ1) is 16.4. The molecule has 3 aromatic rings. The highest BCUT2D eigenvalue weighted by Gasteiger charge is 2.16. The molecule has 0 saturated heterocycles. The Labute approximate surface area is 154 Å². The van der Waals surface area contributed by atoms with E-state index in [4.69, 9.17) is 9.47 Å². The minimum atomic E-state index is 0.558. The normalized spacial score (nSPS) is 12.9. The van der Waals surface area contributed by atoms with Gasteiger partial charge in [0, 0.05) is 11.1 Å². The molecule has 1 aliphatic rings. The van der Waals surface area contributed by atoms with Gasteiger partial charge < -0.3 is 9.47 Å². The zero-order valence-electron chi connectivity index (χ0n) is 14.7. The average molecular weight is 340 g/mol. The zero-order valence-corrected chi connectivity index (χ0v) is 14.7. The van der Waals surface area contributed by atoms with Crippen molar-refractivity contribution in [2.24, 2.45) is 0 Å². The van der Waals surface area contributed by atoms with Gasteiger partial charge in [-0.15, -0.1) is 5.73 Å². The van der Waals surface area contributed by atoms with Gasteiger partial charge >= 0.3 is 0 Å². The van der Waals surface area contributed by atoms with Crippen molar-refractivity contribution in [2.45, 2.75) is 6.61 Å². The molecule has 1 heterocycles. The Bertz CT molecular complexity index is 924. The maximum absolute atomic E-state index is 5.81. The van der Waals surface area contributed by atoms with Crippen molar-refractivity contribution in [1.82, 2.24) is 0 Å². The Kier molecular flexibility index (Phi) is 4.70. The van der Waals surface area contributed by atoms with Gasteiger partial charge in [-0.3, -0.25) is 0 Å². The highest BCUT2D eigenvalue weighted by Crippen LogP contribution is 2.31. The first-order valence-corrected chi connectivity index (χ1v) is 8.71. The number of hydrogen-bond donors (Lipinski definition) is 0. The molecule has 0 saturated carbocycles. The summed E-state index contributed by atoms with van der Waals surface area (Å²) in [4.78, 5) is 0. The maximum atomic E-state index is 5.81. The van der Waals surface area contributed by atoms with Gasteiger partial charge in [0.2, 0.25) is 0 Å². The molecule has 2 nitrogen and oxygen atoms in total. The van der Waals surface area contributed by atoms with Gasteiger partial charge in [-0.05, 0) is 40.5 Å². The van der Waals surface area contributed by atoms with E-state index in [9.17, 15) is 0 Å². The molecule has 4 rings (SSSR count). The standard InChI is InChI=1S/C24H20O2/c1-25-22-12-13-23-20(14-22)16-26-17-21(23)15-24(18-8-4-2-5-9-18)19-10-6-3-7-11-19/h2-14H,16-17H2,1H3. The first-order valence-electron chi connectivity index (χ1n) is 8.71. The molecule has 0 N–H and O–H groups in total. The highest BCUT2D eigenvalue weighted by atomic mass is 16.5. The molecule has 0 radical (unpaired) electrons. The van der Waals surface area contributed by atoms with Gasteiger partial charge in [0.15, 0.2) is 0 Å². The number of hydrogen-bond acceptors (Lipinski definition) is 2. The SMILES string of the molecule is COc1ccc2c(c1)COCC2=C=C(c1ccccc1)c1ccccc1. The lowest BCUT2D eigenvalue weighted by atomic mass is 9.94. The van der Waals surface area contributed by atoms with E-state index < -0.39 is 0 Å². The number of fused-ring (bicyclic) bond motifs is 1. The van der Waals surface area contributed by atoms with E-state index in [0.29, 0.717) is 13.2 Å². The molecule has 0 aromatic heterocycles. The Morgan fingerprint density at radius 1 is 0.846 bits per heavy atom. The van der Waals surface area contributed by atoms with Gasteiger partial charge in [0.25, 0.3) is 0 Å². The van der Waals surface area contributed by atoms with Crippen molar-refractivity contribution in [2.75, 3.05) is 13.7 Å². The highest BCUT2D eigenvalue weighted by molar-refractivity contribution is 5.85. The molecule has 0 unspecified atom stereocenters. The third kappa shape index (κ3) is 3.34.